The molecule has 1 nitrogen and oxygen atoms in total. The van der Waals surface area contributed by atoms with Gasteiger partial charge in [-0.3, -0.25) is 6.08 Å². The summed E-state index contributed by atoms with van der Waals surface area (Å²) in [5.74, 6) is 0. The first kappa shape index (κ1) is 19.7. The van der Waals surface area contributed by atoms with Crippen LogP contribution >= 0.6 is 0 Å². The van der Waals surface area contributed by atoms with Crippen LogP contribution in [0.5, 0.6) is 0 Å². The summed E-state index contributed by atoms with van der Waals surface area (Å²) in [6.45, 7) is 0.274. The zero-order valence-corrected chi connectivity index (χ0v) is 13.5. The van der Waals surface area contributed by atoms with Crippen LogP contribution in [0.4, 0.5) is 0 Å². The number of aliphatic hydroxyl groups is 1. The first-order chi connectivity index (χ1) is 6.92. The summed E-state index contributed by atoms with van der Waals surface area (Å²) >= 11 is 0. The van der Waals surface area contributed by atoms with E-state index < -0.39 is 0 Å². The molecule has 0 atom stereocenters. The van der Waals surface area contributed by atoms with Crippen LogP contribution in [-0.4, -0.2) is 11.7 Å². The molecule has 4 heteroatoms. The third-order valence-corrected chi connectivity index (χ3v) is 2.65. The van der Waals surface area contributed by atoms with Crippen LogP contribution in [-0.2, 0) is 26.2 Å². The van der Waals surface area contributed by atoms with Gasteiger partial charge in [0.15, 0.2) is 0 Å². The van der Waals surface area contributed by atoms with Crippen LogP contribution < -0.4 is 24.8 Å². The summed E-state index contributed by atoms with van der Waals surface area (Å²) in [6.07, 6.45) is 15.9. The molecule has 1 N–H and O–H groups in total. The van der Waals surface area contributed by atoms with Crippen LogP contribution in [0.15, 0.2) is 41.0 Å². The Bertz CT molecular complexity index is 343. The zero-order chi connectivity index (χ0) is 9.80. The maximum Gasteiger partial charge on any atom is 3.00 e. The van der Waals surface area contributed by atoms with Gasteiger partial charge in [0, 0.05) is 6.61 Å². The van der Waals surface area contributed by atoms with E-state index in [0.29, 0.717) is 0 Å². The van der Waals surface area contributed by atoms with Gasteiger partial charge in [0.05, 0.1) is 0 Å². The van der Waals surface area contributed by atoms with E-state index in [1.54, 1.807) is 0 Å². The Morgan fingerprint density at radius 2 is 2.06 bits per heavy atom. The first-order valence-electron chi connectivity index (χ1n) is 5.19. The summed E-state index contributed by atoms with van der Waals surface area (Å²) in [5, 5.41) is 8.79. The van der Waals surface area contributed by atoms with Crippen LogP contribution in [0.1, 0.15) is 25.7 Å². The first-order valence-corrected chi connectivity index (χ1v) is 5.19. The minimum absolute atomic E-state index is 0. The standard InChI is InChI=1S/C13H15O.2ClH.Zr/c14-10-4-8-12-7-3-9-13(12)11-5-1-2-6-11;;;/h1-2,5,9,14H,3-4,6,8,10H2;2*1H;/q-1;;;+3/p-2. The maximum atomic E-state index is 8.79. The van der Waals surface area contributed by atoms with Gasteiger partial charge in [-0.1, -0.05) is 24.6 Å². The van der Waals surface area contributed by atoms with Crippen molar-refractivity contribution in [3.05, 3.63) is 47.1 Å². The number of halogens is 2. The van der Waals surface area contributed by atoms with Gasteiger partial charge in [0.25, 0.3) is 0 Å². The summed E-state index contributed by atoms with van der Waals surface area (Å²) in [6, 6.07) is 0. The molecule has 1 radical (unpaired) electrons. The monoisotopic (exact) mass is 347 g/mol. The third-order valence-electron chi connectivity index (χ3n) is 2.65. The Kier molecular flexibility index (Phi) is 12.0. The molecule has 0 unspecified atom stereocenters. The SMILES string of the molecule is OCCCC1=[C-]CC=C1C1=CC=CC1.[Cl-].[Cl-].[Zr+3]. The summed E-state index contributed by atoms with van der Waals surface area (Å²) in [5.41, 5.74) is 4.07. The van der Waals surface area contributed by atoms with Crippen molar-refractivity contribution in [2.45, 2.75) is 25.7 Å². The molecule has 0 fully saturated rings. The second-order valence-corrected chi connectivity index (χ2v) is 3.63. The van der Waals surface area contributed by atoms with Crippen molar-refractivity contribution >= 4 is 0 Å². The summed E-state index contributed by atoms with van der Waals surface area (Å²) < 4.78 is 0. The molecule has 0 spiro atoms. The zero-order valence-electron chi connectivity index (χ0n) is 9.55. The van der Waals surface area contributed by atoms with Crippen molar-refractivity contribution in [3.63, 3.8) is 0 Å². The molecule has 2 aliphatic rings. The molecule has 0 heterocycles. The normalized spacial score (nSPS) is 16.2. The predicted octanol–water partition coefficient (Wildman–Crippen LogP) is -3.29. The average molecular weight is 349 g/mol. The smallest absolute Gasteiger partial charge is 1.00 e. The Hall–Kier alpha value is 0.383. The number of aliphatic hydroxyl groups excluding tert-OH is 1. The van der Waals surface area contributed by atoms with Crippen molar-refractivity contribution in [3.8, 4) is 0 Å². The van der Waals surface area contributed by atoms with Crippen molar-refractivity contribution in [1.82, 2.24) is 0 Å². The molecule has 91 valence electrons. The van der Waals surface area contributed by atoms with E-state index in [4.69, 9.17) is 5.11 Å². The number of allylic oxidation sites excluding steroid dienone is 8. The van der Waals surface area contributed by atoms with Crippen LogP contribution in [0, 0.1) is 6.08 Å². The maximum absolute atomic E-state index is 8.79. The van der Waals surface area contributed by atoms with Gasteiger partial charge in [0.1, 0.15) is 0 Å². The molecule has 0 aromatic carbocycles. The van der Waals surface area contributed by atoms with E-state index in [1.165, 1.54) is 16.7 Å². The second-order valence-electron chi connectivity index (χ2n) is 3.63. The topological polar surface area (TPSA) is 20.2 Å². The van der Waals surface area contributed by atoms with E-state index >= 15 is 0 Å². The summed E-state index contributed by atoms with van der Waals surface area (Å²) in [4.78, 5) is 0. The Morgan fingerprint density at radius 3 is 2.65 bits per heavy atom. The second kappa shape index (κ2) is 10.3. The van der Waals surface area contributed by atoms with Gasteiger partial charge in [-0.25, -0.2) is 5.57 Å². The largest absolute Gasteiger partial charge is 3.00 e. The predicted molar refractivity (Wildman–Crippen MR) is 57.6 cm³/mol. The van der Waals surface area contributed by atoms with Gasteiger partial charge < -0.3 is 29.9 Å². The molecular weight excluding hydrogens is 334 g/mol. The van der Waals surface area contributed by atoms with Gasteiger partial charge in [-0.2, -0.15) is 11.6 Å². The van der Waals surface area contributed by atoms with Gasteiger partial charge in [-0.15, -0.1) is 12.0 Å². The fourth-order valence-corrected chi connectivity index (χ4v) is 1.95. The molecule has 0 aliphatic heterocycles. The van der Waals surface area contributed by atoms with E-state index in [9.17, 15) is 0 Å². The van der Waals surface area contributed by atoms with Crippen LogP contribution in [0.25, 0.3) is 0 Å². The van der Waals surface area contributed by atoms with Crippen LogP contribution in [0.3, 0.4) is 0 Å². The summed E-state index contributed by atoms with van der Waals surface area (Å²) in [7, 11) is 0. The molecule has 2 rings (SSSR count). The molecule has 0 aromatic heterocycles. The minimum atomic E-state index is 0. The van der Waals surface area contributed by atoms with Crippen molar-refractivity contribution in [2.75, 3.05) is 6.61 Å². The fourth-order valence-electron chi connectivity index (χ4n) is 1.95. The van der Waals surface area contributed by atoms with Crippen LogP contribution in [0.2, 0.25) is 0 Å². The van der Waals surface area contributed by atoms with Gasteiger partial charge in [0.2, 0.25) is 0 Å². The molecule has 0 amide bonds. The Labute approximate surface area is 135 Å². The Balaban J connectivity index is 0. The molecule has 0 saturated carbocycles. The molecule has 17 heavy (non-hydrogen) atoms. The quantitative estimate of drug-likeness (QED) is 0.528. The van der Waals surface area contributed by atoms with E-state index in [1.807, 2.05) is 0 Å². The third kappa shape index (κ3) is 5.26. The number of hydrogen-bond acceptors (Lipinski definition) is 1. The van der Waals surface area contributed by atoms with E-state index in [-0.39, 0.29) is 57.6 Å². The van der Waals surface area contributed by atoms with Gasteiger partial charge >= 0.3 is 26.2 Å². The Morgan fingerprint density at radius 1 is 1.29 bits per heavy atom. The van der Waals surface area contributed by atoms with Gasteiger partial charge in [-0.05, 0) is 12.8 Å². The molecule has 0 bridgehead atoms. The average Bonchev–Trinajstić information content (AvgIpc) is 2.84. The van der Waals surface area contributed by atoms with Crippen molar-refractivity contribution < 1.29 is 56.1 Å². The number of rotatable bonds is 4. The fraction of sp³-hybridized carbons (Fsp3) is 0.385. The molecular formula is C13H15Cl2OZr. The molecule has 0 saturated heterocycles. The molecule has 2 aliphatic carbocycles. The van der Waals surface area contributed by atoms with E-state index in [0.717, 1.165) is 25.7 Å². The van der Waals surface area contributed by atoms with E-state index in [2.05, 4.69) is 30.4 Å². The minimum Gasteiger partial charge on any atom is -1.00 e. The number of hydrogen-bond donors (Lipinski definition) is 1. The van der Waals surface area contributed by atoms with Crippen molar-refractivity contribution in [2.24, 2.45) is 0 Å². The van der Waals surface area contributed by atoms with Crippen molar-refractivity contribution in [1.29, 1.82) is 0 Å². The molecule has 0 aromatic rings.